The van der Waals surface area contributed by atoms with Crippen LogP contribution >= 0.6 is 0 Å². The summed E-state index contributed by atoms with van der Waals surface area (Å²) in [6.07, 6.45) is 0.314. The van der Waals surface area contributed by atoms with Gasteiger partial charge in [0.15, 0.2) is 5.25 Å². The van der Waals surface area contributed by atoms with Gasteiger partial charge in [-0.2, -0.15) is 0 Å². The summed E-state index contributed by atoms with van der Waals surface area (Å²) >= 11 is 0. The molecule has 0 fully saturated rings. The molecule has 1 rings (SSSR count). The maximum absolute atomic E-state index is 11.8. The van der Waals surface area contributed by atoms with Gasteiger partial charge in [-0.1, -0.05) is 12.1 Å². The zero-order valence-electron chi connectivity index (χ0n) is 11.7. The zero-order valence-corrected chi connectivity index (χ0v) is 12.5. The molecule has 0 radical (unpaired) electrons. The molecule has 1 aromatic carbocycles. The maximum Gasteiger partial charge on any atom is 0.335 e. The second-order valence-corrected chi connectivity index (χ2v) is 6.45. The highest BCUT2D eigenvalue weighted by Gasteiger charge is 2.28. The molecule has 0 heterocycles. The number of aromatic carboxylic acids is 1. The van der Waals surface area contributed by atoms with E-state index in [1.807, 2.05) is 0 Å². The minimum absolute atomic E-state index is 0.0622. The van der Waals surface area contributed by atoms with Gasteiger partial charge in [0.2, 0.25) is 10.0 Å². The predicted molar refractivity (Wildman–Crippen MR) is 75.5 cm³/mol. The van der Waals surface area contributed by atoms with Crippen molar-refractivity contribution in [3.05, 3.63) is 35.4 Å². The van der Waals surface area contributed by atoms with Crippen LogP contribution in [0.25, 0.3) is 0 Å². The number of carboxylic acids is 1. The number of methoxy groups -OCH3 is 1. The smallest absolute Gasteiger partial charge is 0.335 e. The summed E-state index contributed by atoms with van der Waals surface area (Å²) in [5, 5.41) is 7.56. The van der Waals surface area contributed by atoms with E-state index in [4.69, 9.17) is 5.11 Å². The molecule has 21 heavy (non-hydrogen) atoms. The van der Waals surface area contributed by atoms with E-state index >= 15 is 0 Å². The van der Waals surface area contributed by atoms with E-state index in [2.05, 4.69) is 9.46 Å². The lowest BCUT2D eigenvalue weighted by Crippen LogP contribution is -2.39. The molecular weight excluding hydrogens is 298 g/mol. The van der Waals surface area contributed by atoms with Crippen LogP contribution in [0.15, 0.2) is 24.3 Å². The van der Waals surface area contributed by atoms with Crippen molar-refractivity contribution in [1.29, 1.82) is 0 Å². The largest absolute Gasteiger partial charge is 0.478 e. The molecule has 1 atom stereocenters. The summed E-state index contributed by atoms with van der Waals surface area (Å²) in [4.78, 5) is 22.0. The quantitative estimate of drug-likeness (QED) is 0.705. The SMILES string of the molecule is COC(=O)C(C)S(=O)(=O)NCCc1cccc(C(=O)O)c1. The second-order valence-electron chi connectivity index (χ2n) is 4.36. The van der Waals surface area contributed by atoms with Gasteiger partial charge in [0, 0.05) is 6.54 Å². The van der Waals surface area contributed by atoms with Crippen LogP contribution in [-0.2, 0) is 26.0 Å². The Morgan fingerprint density at radius 1 is 1.38 bits per heavy atom. The van der Waals surface area contributed by atoms with E-state index in [1.54, 1.807) is 12.1 Å². The standard InChI is InChI=1S/C13H17NO6S/c1-9(13(17)20-2)21(18,19)14-7-6-10-4-3-5-11(8-10)12(15)16/h3-5,8-9,14H,6-7H2,1-2H3,(H,15,16). The average Bonchev–Trinajstić information content (AvgIpc) is 2.45. The number of ether oxygens (including phenoxy) is 1. The van der Waals surface area contributed by atoms with Crippen LogP contribution in [0.2, 0.25) is 0 Å². The summed E-state index contributed by atoms with van der Waals surface area (Å²) in [5.74, 6) is -1.88. The molecule has 116 valence electrons. The monoisotopic (exact) mass is 315 g/mol. The molecular formula is C13H17NO6S. The molecule has 0 aliphatic heterocycles. The van der Waals surface area contributed by atoms with E-state index in [-0.39, 0.29) is 12.1 Å². The maximum atomic E-state index is 11.8. The van der Waals surface area contributed by atoms with Crippen LogP contribution in [0, 0.1) is 0 Å². The lowest BCUT2D eigenvalue weighted by molar-refractivity contribution is -0.139. The van der Waals surface area contributed by atoms with E-state index in [0.717, 1.165) is 7.11 Å². The number of rotatable bonds is 7. The number of carboxylic acid groups (broad SMARTS) is 1. The highest BCUT2D eigenvalue weighted by molar-refractivity contribution is 7.90. The molecule has 8 heteroatoms. The summed E-state index contributed by atoms with van der Waals surface area (Å²) in [6, 6.07) is 6.21. The van der Waals surface area contributed by atoms with Gasteiger partial charge in [0.25, 0.3) is 0 Å². The van der Waals surface area contributed by atoms with E-state index in [1.165, 1.54) is 19.1 Å². The fraction of sp³-hybridized carbons (Fsp3) is 0.385. The van der Waals surface area contributed by atoms with Gasteiger partial charge in [-0.05, 0) is 31.0 Å². The number of sulfonamides is 1. The molecule has 1 unspecified atom stereocenters. The van der Waals surface area contributed by atoms with Crippen molar-refractivity contribution in [2.75, 3.05) is 13.7 Å². The molecule has 0 aliphatic rings. The molecule has 0 saturated heterocycles. The van der Waals surface area contributed by atoms with E-state index < -0.39 is 27.2 Å². The Morgan fingerprint density at radius 3 is 2.62 bits per heavy atom. The summed E-state index contributed by atoms with van der Waals surface area (Å²) in [7, 11) is -2.69. The third kappa shape index (κ3) is 4.83. The van der Waals surface area contributed by atoms with Gasteiger partial charge in [-0.3, -0.25) is 4.79 Å². The van der Waals surface area contributed by atoms with Crippen LogP contribution in [0.3, 0.4) is 0 Å². The Bertz CT molecular complexity index is 625. The van der Waals surface area contributed by atoms with Crippen LogP contribution < -0.4 is 4.72 Å². The van der Waals surface area contributed by atoms with Crippen molar-refractivity contribution >= 4 is 22.0 Å². The zero-order chi connectivity index (χ0) is 16.0. The number of nitrogens with one attached hydrogen (secondary N) is 1. The average molecular weight is 315 g/mol. The first-order valence-electron chi connectivity index (χ1n) is 6.16. The van der Waals surface area contributed by atoms with Crippen molar-refractivity contribution in [2.24, 2.45) is 0 Å². The molecule has 1 aromatic rings. The van der Waals surface area contributed by atoms with Gasteiger partial charge in [-0.25, -0.2) is 17.9 Å². The molecule has 0 saturated carbocycles. The normalized spacial score (nSPS) is 12.7. The minimum Gasteiger partial charge on any atom is -0.478 e. The highest BCUT2D eigenvalue weighted by atomic mass is 32.2. The summed E-state index contributed by atoms with van der Waals surface area (Å²) in [5.41, 5.74) is 0.821. The molecule has 0 aromatic heterocycles. The molecule has 2 N–H and O–H groups in total. The van der Waals surface area contributed by atoms with Crippen molar-refractivity contribution in [2.45, 2.75) is 18.6 Å². The topological polar surface area (TPSA) is 110 Å². The Morgan fingerprint density at radius 2 is 2.05 bits per heavy atom. The van der Waals surface area contributed by atoms with Crippen molar-refractivity contribution in [3.63, 3.8) is 0 Å². The van der Waals surface area contributed by atoms with Gasteiger partial charge in [0.1, 0.15) is 0 Å². The number of benzene rings is 1. The molecule has 0 bridgehead atoms. The number of carbonyl (C=O) groups excluding carboxylic acids is 1. The van der Waals surface area contributed by atoms with E-state index in [9.17, 15) is 18.0 Å². The number of carbonyl (C=O) groups is 2. The molecule has 7 nitrogen and oxygen atoms in total. The lowest BCUT2D eigenvalue weighted by Gasteiger charge is -2.12. The predicted octanol–water partition coefficient (Wildman–Crippen LogP) is 0.408. The van der Waals surface area contributed by atoms with Crippen LogP contribution in [0.4, 0.5) is 0 Å². The number of esters is 1. The molecule has 0 aliphatic carbocycles. The Kier molecular flexibility index (Phi) is 5.86. The third-order valence-corrected chi connectivity index (χ3v) is 4.62. The first kappa shape index (κ1) is 17.1. The Labute approximate surface area is 123 Å². The van der Waals surface area contributed by atoms with Crippen molar-refractivity contribution in [1.82, 2.24) is 4.72 Å². The molecule has 0 spiro atoms. The number of hydrogen-bond donors (Lipinski definition) is 2. The molecule has 0 amide bonds. The fourth-order valence-corrected chi connectivity index (χ4v) is 2.60. The minimum atomic E-state index is -3.81. The van der Waals surface area contributed by atoms with E-state index in [0.29, 0.717) is 12.0 Å². The van der Waals surface area contributed by atoms with Crippen LogP contribution in [-0.4, -0.2) is 44.4 Å². The van der Waals surface area contributed by atoms with Gasteiger partial charge in [0.05, 0.1) is 12.7 Å². The first-order valence-corrected chi connectivity index (χ1v) is 7.71. The van der Waals surface area contributed by atoms with Gasteiger partial charge < -0.3 is 9.84 Å². The summed E-state index contributed by atoms with van der Waals surface area (Å²) in [6.45, 7) is 1.30. The Hall–Kier alpha value is -1.93. The first-order chi connectivity index (χ1) is 9.77. The van der Waals surface area contributed by atoms with Gasteiger partial charge in [-0.15, -0.1) is 0 Å². The second kappa shape index (κ2) is 7.19. The third-order valence-electron chi connectivity index (χ3n) is 2.89. The fourth-order valence-electron chi connectivity index (χ4n) is 1.62. The van der Waals surface area contributed by atoms with Crippen LogP contribution in [0.5, 0.6) is 0 Å². The lowest BCUT2D eigenvalue weighted by atomic mass is 10.1. The van der Waals surface area contributed by atoms with Crippen molar-refractivity contribution in [3.8, 4) is 0 Å². The summed E-state index contributed by atoms with van der Waals surface area (Å²) < 4.78 is 30.3. The highest BCUT2D eigenvalue weighted by Crippen LogP contribution is 2.06. The van der Waals surface area contributed by atoms with Crippen molar-refractivity contribution < 1.29 is 27.9 Å². The number of hydrogen-bond acceptors (Lipinski definition) is 5. The van der Waals surface area contributed by atoms with Crippen LogP contribution in [0.1, 0.15) is 22.8 Å². The Balaban J connectivity index is 2.63. The van der Waals surface area contributed by atoms with Gasteiger partial charge >= 0.3 is 11.9 Å².